The van der Waals surface area contributed by atoms with Crippen molar-refractivity contribution in [3.05, 3.63) is 17.1 Å². The Morgan fingerprint density at radius 2 is 2.00 bits per heavy atom. The molecular formula is C14H24N2O5S. The minimum absolute atomic E-state index is 0.0706. The van der Waals surface area contributed by atoms with E-state index in [1.54, 1.807) is 0 Å². The van der Waals surface area contributed by atoms with Crippen LogP contribution in [0.15, 0.2) is 9.31 Å². The maximum Gasteiger partial charge on any atom is 0.342 e. The average molecular weight is 332 g/mol. The van der Waals surface area contributed by atoms with Gasteiger partial charge in [-0.15, -0.1) is 0 Å². The predicted octanol–water partition coefficient (Wildman–Crippen LogP) is 1.48. The molecule has 0 saturated heterocycles. The molecule has 0 aliphatic rings. The molecule has 22 heavy (non-hydrogen) atoms. The Morgan fingerprint density at radius 1 is 1.36 bits per heavy atom. The van der Waals surface area contributed by atoms with Crippen LogP contribution in [-0.2, 0) is 14.8 Å². The maximum atomic E-state index is 12.6. The van der Waals surface area contributed by atoms with Gasteiger partial charge in [-0.3, -0.25) is 0 Å². The molecule has 3 N–H and O–H groups in total. The van der Waals surface area contributed by atoms with Crippen LogP contribution in [0.2, 0.25) is 0 Å². The monoisotopic (exact) mass is 332 g/mol. The number of rotatable bonds is 8. The Bertz CT molecular complexity index is 621. The van der Waals surface area contributed by atoms with Crippen molar-refractivity contribution in [1.82, 2.24) is 4.72 Å². The molecule has 1 heterocycles. The van der Waals surface area contributed by atoms with E-state index in [0.29, 0.717) is 6.42 Å². The van der Waals surface area contributed by atoms with Crippen LogP contribution < -0.4 is 10.5 Å². The highest BCUT2D eigenvalue weighted by Gasteiger charge is 2.32. The number of esters is 1. The second-order valence-corrected chi connectivity index (χ2v) is 6.76. The molecule has 0 aliphatic carbocycles. The molecule has 0 fully saturated rings. The lowest BCUT2D eigenvalue weighted by Crippen LogP contribution is -2.40. The van der Waals surface area contributed by atoms with Crippen LogP contribution in [0.25, 0.3) is 0 Å². The number of carbonyl (C=O) groups is 1. The number of nitrogens with one attached hydrogen (secondary N) is 1. The summed E-state index contributed by atoms with van der Waals surface area (Å²) in [5.74, 6) is -0.383. The normalized spacial score (nSPS) is 13.1. The summed E-state index contributed by atoms with van der Waals surface area (Å²) in [7, 11) is -2.73. The van der Waals surface area contributed by atoms with Gasteiger partial charge in [0.25, 0.3) is 0 Å². The molecule has 0 saturated carbocycles. The van der Waals surface area contributed by atoms with E-state index < -0.39 is 16.0 Å². The summed E-state index contributed by atoms with van der Waals surface area (Å²) in [4.78, 5) is 11.7. The van der Waals surface area contributed by atoms with Crippen molar-refractivity contribution in [2.24, 2.45) is 5.73 Å². The molecule has 1 aromatic heterocycles. The number of hydrogen-bond donors (Lipinski definition) is 2. The van der Waals surface area contributed by atoms with Crippen molar-refractivity contribution in [2.45, 2.75) is 51.0 Å². The number of carbonyl (C=O) groups excluding carboxylic acids is 1. The minimum Gasteiger partial charge on any atom is -0.465 e. The van der Waals surface area contributed by atoms with Gasteiger partial charge < -0.3 is 14.9 Å². The highest BCUT2D eigenvalue weighted by Crippen LogP contribution is 2.27. The zero-order valence-corrected chi connectivity index (χ0v) is 14.2. The van der Waals surface area contributed by atoms with Gasteiger partial charge in [0.05, 0.1) is 7.11 Å². The number of furan rings is 1. The molecule has 126 valence electrons. The summed E-state index contributed by atoms with van der Waals surface area (Å²) < 4.78 is 37.7. The Morgan fingerprint density at radius 3 is 2.50 bits per heavy atom. The first-order valence-corrected chi connectivity index (χ1v) is 8.67. The first-order valence-electron chi connectivity index (χ1n) is 7.19. The molecule has 8 heteroatoms. The lowest BCUT2D eigenvalue weighted by molar-refractivity contribution is 0.0595. The van der Waals surface area contributed by atoms with E-state index in [0.717, 1.165) is 12.8 Å². The second kappa shape index (κ2) is 7.75. The molecule has 1 aromatic rings. The zero-order valence-electron chi connectivity index (χ0n) is 13.4. The summed E-state index contributed by atoms with van der Waals surface area (Å²) in [6.45, 7) is 5.22. The second-order valence-electron chi connectivity index (χ2n) is 5.11. The number of nitrogens with two attached hydrogens (primary N) is 1. The summed E-state index contributed by atoms with van der Waals surface area (Å²) in [5.41, 5.74) is 5.55. The molecule has 1 atom stereocenters. The molecule has 0 spiro atoms. The number of ether oxygens (including phenoxy) is 1. The molecule has 0 aromatic carbocycles. The van der Waals surface area contributed by atoms with Crippen LogP contribution >= 0.6 is 0 Å². The van der Waals surface area contributed by atoms with E-state index >= 15 is 0 Å². The molecule has 0 bridgehead atoms. The Kier molecular flexibility index (Phi) is 6.58. The van der Waals surface area contributed by atoms with Crippen LogP contribution in [0, 0.1) is 13.8 Å². The lowest BCUT2D eigenvalue weighted by Gasteiger charge is -2.16. The van der Waals surface area contributed by atoms with Gasteiger partial charge in [-0.2, -0.15) is 0 Å². The topological polar surface area (TPSA) is 112 Å². The van der Waals surface area contributed by atoms with Crippen molar-refractivity contribution in [2.75, 3.05) is 13.7 Å². The van der Waals surface area contributed by atoms with Gasteiger partial charge in [-0.25, -0.2) is 17.9 Å². The van der Waals surface area contributed by atoms with Crippen molar-refractivity contribution in [3.8, 4) is 0 Å². The van der Waals surface area contributed by atoms with Gasteiger partial charge in [-0.1, -0.05) is 19.8 Å². The van der Waals surface area contributed by atoms with Crippen LogP contribution in [0.3, 0.4) is 0 Å². The quantitative estimate of drug-likeness (QED) is 0.697. The highest BCUT2D eigenvalue weighted by molar-refractivity contribution is 7.89. The third-order valence-corrected chi connectivity index (χ3v) is 5.05. The van der Waals surface area contributed by atoms with Crippen molar-refractivity contribution < 1.29 is 22.4 Å². The summed E-state index contributed by atoms with van der Waals surface area (Å²) in [6, 6.07) is -0.384. The van der Waals surface area contributed by atoms with Crippen LogP contribution in [-0.4, -0.2) is 34.1 Å². The van der Waals surface area contributed by atoms with Gasteiger partial charge in [0.2, 0.25) is 10.0 Å². The molecule has 1 unspecified atom stereocenters. The molecular weight excluding hydrogens is 308 g/mol. The number of unbranched alkanes of at least 4 members (excludes halogenated alkanes) is 1. The lowest BCUT2D eigenvalue weighted by atomic mass is 10.1. The molecule has 1 rings (SSSR count). The third kappa shape index (κ3) is 4.08. The molecule has 0 radical (unpaired) electrons. The summed E-state index contributed by atoms with van der Waals surface area (Å²) in [6.07, 6.45) is 2.43. The molecule has 0 amide bonds. The van der Waals surface area contributed by atoms with Gasteiger partial charge in [0.15, 0.2) is 0 Å². The van der Waals surface area contributed by atoms with E-state index in [1.165, 1.54) is 21.0 Å². The van der Waals surface area contributed by atoms with Gasteiger partial charge >= 0.3 is 5.97 Å². The number of hydrogen-bond acceptors (Lipinski definition) is 6. The largest absolute Gasteiger partial charge is 0.465 e. The minimum atomic E-state index is -3.92. The Hall–Kier alpha value is -1.38. The van der Waals surface area contributed by atoms with Crippen LogP contribution in [0.5, 0.6) is 0 Å². The highest BCUT2D eigenvalue weighted by atomic mass is 32.2. The molecule has 0 aliphatic heterocycles. The van der Waals surface area contributed by atoms with E-state index in [-0.39, 0.29) is 34.6 Å². The standard InChI is InChI=1S/C14H24N2O5S/c1-5-6-7-11(8-15)16-22(18,19)13-10(3)21-9(2)12(13)14(17)20-4/h11,16H,5-8,15H2,1-4H3. The summed E-state index contributed by atoms with van der Waals surface area (Å²) >= 11 is 0. The number of sulfonamides is 1. The summed E-state index contributed by atoms with van der Waals surface area (Å²) in [5, 5.41) is 0. The predicted molar refractivity (Wildman–Crippen MR) is 82.2 cm³/mol. The smallest absolute Gasteiger partial charge is 0.342 e. The fraction of sp³-hybridized carbons (Fsp3) is 0.643. The first-order chi connectivity index (χ1) is 10.3. The van der Waals surface area contributed by atoms with Gasteiger partial charge in [0, 0.05) is 12.6 Å². The van der Waals surface area contributed by atoms with Crippen LogP contribution in [0.1, 0.15) is 48.1 Å². The van der Waals surface area contributed by atoms with Crippen LogP contribution in [0.4, 0.5) is 0 Å². The Labute approximate surface area is 131 Å². The zero-order chi connectivity index (χ0) is 16.9. The molecule has 7 nitrogen and oxygen atoms in total. The Balaban J connectivity index is 3.20. The van der Waals surface area contributed by atoms with Crippen molar-refractivity contribution in [3.63, 3.8) is 0 Å². The first kappa shape index (κ1) is 18.7. The van der Waals surface area contributed by atoms with Crippen molar-refractivity contribution in [1.29, 1.82) is 0 Å². The number of methoxy groups -OCH3 is 1. The SMILES string of the molecule is CCCCC(CN)NS(=O)(=O)c1c(C)oc(C)c1C(=O)OC. The van der Waals surface area contributed by atoms with Gasteiger partial charge in [0.1, 0.15) is 22.0 Å². The third-order valence-electron chi connectivity index (χ3n) is 3.38. The van der Waals surface area contributed by atoms with Gasteiger partial charge in [-0.05, 0) is 20.3 Å². The van der Waals surface area contributed by atoms with E-state index in [1.807, 2.05) is 6.92 Å². The number of aryl methyl sites for hydroxylation is 2. The fourth-order valence-electron chi connectivity index (χ4n) is 2.28. The average Bonchev–Trinajstić information content (AvgIpc) is 2.77. The van der Waals surface area contributed by atoms with E-state index in [9.17, 15) is 13.2 Å². The fourth-order valence-corrected chi connectivity index (χ4v) is 3.97. The maximum absolute atomic E-state index is 12.6. The van der Waals surface area contributed by atoms with E-state index in [2.05, 4.69) is 9.46 Å². The van der Waals surface area contributed by atoms with Crippen molar-refractivity contribution >= 4 is 16.0 Å². The van der Waals surface area contributed by atoms with E-state index in [4.69, 9.17) is 10.2 Å².